The largest absolute Gasteiger partial charge is 0.452 e. The van der Waals surface area contributed by atoms with Crippen LogP contribution in [-0.2, 0) is 14.3 Å². The maximum atomic E-state index is 11.7. The molecule has 1 aliphatic heterocycles. The minimum Gasteiger partial charge on any atom is -0.452 e. The Bertz CT molecular complexity index is 636. The summed E-state index contributed by atoms with van der Waals surface area (Å²) in [5.74, 6) is -1.24. The molecule has 0 unspecified atom stereocenters. The molecule has 1 fully saturated rings. The molecule has 1 aliphatic rings. The average molecular weight is 401 g/mol. The summed E-state index contributed by atoms with van der Waals surface area (Å²) >= 11 is 4.17. The third-order valence-electron chi connectivity index (χ3n) is 2.89. The summed E-state index contributed by atoms with van der Waals surface area (Å²) < 4.78 is 5.62. The number of imide groups is 1. The molecule has 0 spiro atoms. The third kappa shape index (κ3) is 5.07. The Balaban J connectivity index is 1.70. The Morgan fingerprint density at radius 3 is 2.78 bits per heavy atom. The fourth-order valence-electron chi connectivity index (χ4n) is 1.79. The molecule has 0 radical (unpaired) electrons. The molecule has 0 aliphatic carbocycles. The summed E-state index contributed by atoms with van der Waals surface area (Å²) in [7, 11) is 0. The van der Waals surface area contributed by atoms with Gasteiger partial charge in [-0.3, -0.25) is 19.3 Å². The minimum absolute atomic E-state index is 0.107. The van der Waals surface area contributed by atoms with Crippen LogP contribution < -0.4 is 5.32 Å². The van der Waals surface area contributed by atoms with Crippen LogP contribution in [0.1, 0.15) is 10.4 Å². The van der Waals surface area contributed by atoms with E-state index in [0.717, 1.165) is 21.1 Å². The van der Waals surface area contributed by atoms with Gasteiger partial charge in [-0.2, -0.15) is 0 Å². The first-order valence-electron chi connectivity index (χ1n) is 6.64. The van der Waals surface area contributed by atoms with Crippen molar-refractivity contribution in [2.75, 3.05) is 25.4 Å². The number of halogens is 1. The van der Waals surface area contributed by atoms with E-state index in [-0.39, 0.29) is 30.0 Å². The second kappa shape index (κ2) is 8.11. The Labute approximate surface area is 144 Å². The topological polar surface area (TPSA) is 92.8 Å². The predicted molar refractivity (Wildman–Crippen MR) is 87.0 cm³/mol. The van der Waals surface area contributed by atoms with E-state index in [1.807, 2.05) is 0 Å². The normalized spacial score (nSPS) is 14.0. The maximum Gasteiger partial charge on any atom is 0.338 e. The molecule has 1 aromatic rings. The van der Waals surface area contributed by atoms with Gasteiger partial charge in [-0.15, -0.1) is 0 Å². The van der Waals surface area contributed by atoms with Crippen LogP contribution in [0, 0.1) is 0 Å². The molecule has 0 aromatic heterocycles. The Kier molecular flexibility index (Phi) is 6.17. The zero-order valence-corrected chi connectivity index (χ0v) is 14.3. The van der Waals surface area contributed by atoms with Crippen molar-refractivity contribution in [1.29, 1.82) is 0 Å². The second-order valence-electron chi connectivity index (χ2n) is 4.54. The molecule has 1 saturated heterocycles. The molecule has 1 heterocycles. The number of thioether (sulfide) groups is 1. The lowest BCUT2D eigenvalue weighted by atomic mass is 10.2. The molecule has 23 heavy (non-hydrogen) atoms. The number of carbonyl (C=O) groups is 4. The molecule has 3 amide bonds. The SMILES string of the molecule is O=C(COC(=O)c1cccc(Br)c1)NCCN1C(=O)CSC1=O. The molecule has 0 saturated carbocycles. The van der Waals surface area contributed by atoms with Crippen molar-refractivity contribution >= 4 is 50.7 Å². The number of hydrogen-bond donors (Lipinski definition) is 1. The molecule has 9 heteroatoms. The van der Waals surface area contributed by atoms with Gasteiger partial charge < -0.3 is 10.1 Å². The monoisotopic (exact) mass is 400 g/mol. The first kappa shape index (κ1) is 17.5. The zero-order valence-electron chi connectivity index (χ0n) is 11.9. The molecule has 1 N–H and O–H groups in total. The summed E-state index contributed by atoms with van der Waals surface area (Å²) in [5, 5.41) is 2.17. The van der Waals surface area contributed by atoms with Crippen LogP contribution in [0.15, 0.2) is 28.7 Å². The van der Waals surface area contributed by atoms with Crippen molar-refractivity contribution in [2.24, 2.45) is 0 Å². The molecule has 122 valence electrons. The summed E-state index contributed by atoms with van der Waals surface area (Å²) in [6, 6.07) is 6.61. The van der Waals surface area contributed by atoms with Crippen LogP contribution >= 0.6 is 27.7 Å². The standard InChI is InChI=1S/C14H13BrN2O5S/c15-10-3-1-2-9(6-10)13(20)22-7-11(18)16-4-5-17-12(19)8-23-14(17)21/h1-3,6H,4-5,7-8H2,(H,16,18). The van der Waals surface area contributed by atoms with Crippen LogP contribution in [-0.4, -0.2) is 53.4 Å². The van der Waals surface area contributed by atoms with Gasteiger partial charge in [-0.05, 0) is 18.2 Å². The van der Waals surface area contributed by atoms with Gasteiger partial charge in [0.2, 0.25) is 5.91 Å². The average Bonchev–Trinajstić information content (AvgIpc) is 2.84. The van der Waals surface area contributed by atoms with Gasteiger partial charge in [0.1, 0.15) is 0 Å². The van der Waals surface area contributed by atoms with Gasteiger partial charge in [0.15, 0.2) is 6.61 Å². The summed E-state index contributed by atoms with van der Waals surface area (Å²) in [6.07, 6.45) is 0. The smallest absolute Gasteiger partial charge is 0.338 e. The summed E-state index contributed by atoms with van der Waals surface area (Å²) in [5.41, 5.74) is 0.331. The van der Waals surface area contributed by atoms with E-state index >= 15 is 0 Å². The number of carbonyl (C=O) groups excluding carboxylic acids is 4. The molecule has 1 aromatic carbocycles. The van der Waals surface area contributed by atoms with E-state index in [4.69, 9.17) is 4.74 Å². The fourth-order valence-corrected chi connectivity index (χ4v) is 2.94. The fraction of sp³-hybridized carbons (Fsp3) is 0.286. The van der Waals surface area contributed by atoms with Crippen molar-refractivity contribution in [2.45, 2.75) is 0 Å². The number of nitrogens with zero attached hydrogens (tertiary/aromatic N) is 1. The number of nitrogens with one attached hydrogen (secondary N) is 1. The Hall–Kier alpha value is -1.87. The highest BCUT2D eigenvalue weighted by molar-refractivity contribution is 9.10. The highest BCUT2D eigenvalue weighted by Crippen LogP contribution is 2.17. The third-order valence-corrected chi connectivity index (χ3v) is 4.24. The first-order chi connectivity index (χ1) is 11.0. The lowest BCUT2D eigenvalue weighted by Crippen LogP contribution is -2.38. The van der Waals surface area contributed by atoms with Gasteiger partial charge in [-0.25, -0.2) is 4.79 Å². The number of ether oxygens (including phenoxy) is 1. The van der Waals surface area contributed by atoms with E-state index in [2.05, 4.69) is 21.2 Å². The van der Waals surface area contributed by atoms with Crippen molar-refractivity contribution in [1.82, 2.24) is 10.2 Å². The lowest BCUT2D eigenvalue weighted by molar-refractivity contribution is -0.126. The number of rotatable bonds is 6. The van der Waals surface area contributed by atoms with Crippen LogP contribution in [0.5, 0.6) is 0 Å². The van der Waals surface area contributed by atoms with E-state index < -0.39 is 18.5 Å². The molecule has 2 rings (SSSR count). The number of hydrogen-bond acceptors (Lipinski definition) is 6. The Morgan fingerprint density at radius 1 is 1.35 bits per heavy atom. The molecular formula is C14H13BrN2O5S. The second-order valence-corrected chi connectivity index (χ2v) is 6.38. The number of amides is 3. The van der Waals surface area contributed by atoms with Crippen LogP contribution in [0.3, 0.4) is 0 Å². The van der Waals surface area contributed by atoms with Gasteiger partial charge in [-0.1, -0.05) is 33.8 Å². The van der Waals surface area contributed by atoms with Gasteiger partial charge in [0, 0.05) is 17.6 Å². The number of esters is 1. The van der Waals surface area contributed by atoms with E-state index in [0.29, 0.717) is 5.56 Å². The minimum atomic E-state index is -0.609. The highest BCUT2D eigenvalue weighted by Gasteiger charge is 2.29. The van der Waals surface area contributed by atoms with Crippen molar-refractivity contribution in [3.05, 3.63) is 34.3 Å². The quantitative estimate of drug-likeness (QED) is 0.725. The maximum absolute atomic E-state index is 11.7. The lowest BCUT2D eigenvalue weighted by Gasteiger charge is -2.13. The van der Waals surface area contributed by atoms with Crippen molar-refractivity contribution in [3.63, 3.8) is 0 Å². The molecular weight excluding hydrogens is 388 g/mol. The molecule has 7 nitrogen and oxygen atoms in total. The van der Waals surface area contributed by atoms with Crippen LogP contribution in [0.2, 0.25) is 0 Å². The van der Waals surface area contributed by atoms with Crippen LogP contribution in [0.4, 0.5) is 4.79 Å². The first-order valence-corrected chi connectivity index (χ1v) is 8.42. The zero-order chi connectivity index (χ0) is 16.8. The van der Waals surface area contributed by atoms with Gasteiger partial charge in [0.05, 0.1) is 11.3 Å². The van der Waals surface area contributed by atoms with Gasteiger partial charge >= 0.3 is 5.97 Å². The Morgan fingerprint density at radius 2 is 2.13 bits per heavy atom. The van der Waals surface area contributed by atoms with Crippen molar-refractivity contribution < 1.29 is 23.9 Å². The van der Waals surface area contributed by atoms with Crippen LogP contribution in [0.25, 0.3) is 0 Å². The highest BCUT2D eigenvalue weighted by atomic mass is 79.9. The summed E-state index contributed by atoms with van der Waals surface area (Å²) in [6.45, 7) is -0.205. The van der Waals surface area contributed by atoms with E-state index in [1.54, 1.807) is 24.3 Å². The van der Waals surface area contributed by atoms with E-state index in [1.165, 1.54) is 0 Å². The molecule has 0 atom stereocenters. The van der Waals surface area contributed by atoms with Gasteiger partial charge in [0.25, 0.3) is 11.1 Å². The predicted octanol–water partition coefficient (Wildman–Crippen LogP) is 1.42. The number of benzene rings is 1. The molecule has 0 bridgehead atoms. The van der Waals surface area contributed by atoms with Crippen molar-refractivity contribution in [3.8, 4) is 0 Å². The summed E-state index contributed by atoms with van der Waals surface area (Å²) in [4.78, 5) is 47.1. The van der Waals surface area contributed by atoms with E-state index in [9.17, 15) is 19.2 Å².